The highest BCUT2D eigenvalue weighted by molar-refractivity contribution is 5.50. The Labute approximate surface area is 92.3 Å². The van der Waals surface area contributed by atoms with E-state index in [9.17, 15) is 10.1 Å². The summed E-state index contributed by atoms with van der Waals surface area (Å²) in [5.41, 5.74) is -0.0345. The van der Waals surface area contributed by atoms with Crippen LogP contribution in [0.5, 0.6) is 11.5 Å². The molecule has 1 aliphatic heterocycles. The van der Waals surface area contributed by atoms with Gasteiger partial charge in [-0.1, -0.05) is 0 Å². The molecule has 0 amide bonds. The Bertz CT molecular complexity index is 404. The van der Waals surface area contributed by atoms with Gasteiger partial charge in [-0.15, -0.1) is 0 Å². The summed E-state index contributed by atoms with van der Waals surface area (Å²) in [5.74, 6) is 0.809. The highest BCUT2D eigenvalue weighted by atomic mass is 16.6. The van der Waals surface area contributed by atoms with Crippen LogP contribution >= 0.6 is 0 Å². The zero-order valence-corrected chi connectivity index (χ0v) is 8.80. The lowest BCUT2D eigenvalue weighted by Gasteiger charge is -2.27. The van der Waals surface area contributed by atoms with Crippen molar-refractivity contribution >= 4 is 5.69 Å². The number of nitrogens with one attached hydrogen (secondary N) is 1. The Morgan fingerprint density at radius 2 is 2.25 bits per heavy atom. The number of methoxy groups -OCH3 is 1. The Hall–Kier alpha value is -1.82. The maximum Gasteiger partial charge on any atom is 0.311 e. The molecule has 0 spiro atoms. The summed E-state index contributed by atoms with van der Waals surface area (Å²) in [5, 5.41) is 13.8. The van der Waals surface area contributed by atoms with Gasteiger partial charge < -0.3 is 14.8 Å². The molecule has 2 rings (SSSR count). The second kappa shape index (κ2) is 4.36. The van der Waals surface area contributed by atoms with Crippen LogP contribution in [0.3, 0.4) is 0 Å². The van der Waals surface area contributed by atoms with Gasteiger partial charge >= 0.3 is 5.69 Å². The van der Waals surface area contributed by atoms with Gasteiger partial charge in [0.05, 0.1) is 12.0 Å². The molecule has 0 aromatic heterocycles. The first-order valence-electron chi connectivity index (χ1n) is 4.90. The summed E-state index contributed by atoms with van der Waals surface area (Å²) in [6.45, 7) is 1.43. The number of benzene rings is 1. The third kappa shape index (κ3) is 2.06. The summed E-state index contributed by atoms with van der Waals surface area (Å²) >= 11 is 0. The van der Waals surface area contributed by atoms with E-state index in [0.717, 1.165) is 0 Å². The molecule has 1 aromatic rings. The van der Waals surface area contributed by atoms with Crippen LogP contribution in [0.4, 0.5) is 5.69 Å². The van der Waals surface area contributed by atoms with Gasteiger partial charge in [-0.25, -0.2) is 0 Å². The normalized spacial score (nSPS) is 15.3. The van der Waals surface area contributed by atoms with Crippen LogP contribution in [-0.2, 0) is 0 Å². The van der Waals surface area contributed by atoms with Crippen molar-refractivity contribution in [2.75, 3.05) is 20.2 Å². The Kier molecular flexibility index (Phi) is 2.91. The topological polar surface area (TPSA) is 73.6 Å². The number of nitro benzene ring substituents is 1. The molecule has 0 atom stereocenters. The van der Waals surface area contributed by atoms with E-state index < -0.39 is 4.92 Å². The highest BCUT2D eigenvalue weighted by Gasteiger charge is 2.23. The minimum absolute atomic E-state index is 0.00538. The molecule has 86 valence electrons. The third-order valence-corrected chi connectivity index (χ3v) is 2.40. The summed E-state index contributed by atoms with van der Waals surface area (Å²) in [7, 11) is 1.51. The zero-order chi connectivity index (χ0) is 11.5. The molecule has 1 aromatic carbocycles. The summed E-state index contributed by atoms with van der Waals surface area (Å²) in [6, 6.07) is 4.47. The standard InChI is InChI=1S/C10H12N2O4/c1-15-7-2-3-9(12(13)14)10(4-7)16-8-5-11-6-8/h2-4,8,11H,5-6H2,1H3. The van der Waals surface area contributed by atoms with E-state index in [1.54, 1.807) is 6.07 Å². The molecule has 0 saturated carbocycles. The van der Waals surface area contributed by atoms with Crippen molar-refractivity contribution in [3.63, 3.8) is 0 Å². The van der Waals surface area contributed by atoms with E-state index in [1.165, 1.54) is 19.2 Å². The first-order valence-corrected chi connectivity index (χ1v) is 4.90. The van der Waals surface area contributed by atoms with Gasteiger partial charge in [0.25, 0.3) is 0 Å². The minimum atomic E-state index is -0.457. The highest BCUT2D eigenvalue weighted by Crippen LogP contribution is 2.32. The molecule has 0 unspecified atom stereocenters. The van der Waals surface area contributed by atoms with Crippen LogP contribution in [0.2, 0.25) is 0 Å². The van der Waals surface area contributed by atoms with Gasteiger partial charge in [0.2, 0.25) is 5.75 Å². The number of rotatable bonds is 4. The Morgan fingerprint density at radius 1 is 1.50 bits per heavy atom. The molecule has 1 aliphatic rings. The largest absolute Gasteiger partial charge is 0.497 e. The van der Waals surface area contributed by atoms with Gasteiger partial charge in [0, 0.05) is 25.2 Å². The van der Waals surface area contributed by atoms with Gasteiger partial charge in [0.1, 0.15) is 11.9 Å². The maximum absolute atomic E-state index is 10.8. The fourth-order valence-corrected chi connectivity index (χ4v) is 1.39. The molecule has 6 heteroatoms. The van der Waals surface area contributed by atoms with Crippen molar-refractivity contribution in [2.45, 2.75) is 6.10 Å². The Balaban J connectivity index is 2.25. The van der Waals surface area contributed by atoms with Crippen LogP contribution in [0.15, 0.2) is 18.2 Å². The molecule has 0 radical (unpaired) electrons. The van der Waals surface area contributed by atoms with E-state index >= 15 is 0 Å². The van der Waals surface area contributed by atoms with E-state index in [0.29, 0.717) is 18.8 Å². The van der Waals surface area contributed by atoms with Crippen LogP contribution in [0.1, 0.15) is 0 Å². The van der Waals surface area contributed by atoms with Crippen LogP contribution in [-0.4, -0.2) is 31.2 Å². The summed E-state index contributed by atoms with van der Waals surface area (Å²) in [4.78, 5) is 10.3. The second-order valence-corrected chi connectivity index (χ2v) is 3.49. The van der Waals surface area contributed by atoms with E-state index in [2.05, 4.69) is 5.32 Å². The van der Waals surface area contributed by atoms with Crippen molar-refractivity contribution < 1.29 is 14.4 Å². The molecule has 1 heterocycles. The lowest BCUT2D eigenvalue weighted by Crippen LogP contribution is -2.50. The maximum atomic E-state index is 10.8. The van der Waals surface area contributed by atoms with E-state index in [-0.39, 0.29) is 17.5 Å². The molecule has 1 N–H and O–H groups in total. The lowest BCUT2D eigenvalue weighted by molar-refractivity contribution is -0.386. The Morgan fingerprint density at radius 3 is 2.75 bits per heavy atom. The van der Waals surface area contributed by atoms with Gasteiger partial charge in [-0.2, -0.15) is 0 Å². The van der Waals surface area contributed by atoms with Crippen LogP contribution in [0.25, 0.3) is 0 Å². The molecule has 0 aliphatic carbocycles. The fraction of sp³-hybridized carbons (Fsp3) is 0.400. The number of ether oxygens (including phenoxy) is 2. The average molecular weight is 224 g/mol. The van der Waals surface area contributed by atoms with Crippen molar-refractivity contribution in [3.05, 3.63) is 28.3 Å². The van der Waals surface area contributed by atoms with Crippen molar-refractivity contribution in [1.82, 2.24) is 5.32 Å². The predicted octanol–water partition coefficient (Wildman–Crippen LogP) is 0.954. The number of hydrogen-bond donors (Lipinski definition) is 1. The lowest BCUT2D eigenvalue weighted by atomic mass is 10.2. The molecule has 1 saturated heterocycles. The van der Waals surface area contributed by atoms with Crippen molar-refractivity contribution in [2.24, 2.45) is 0 Å². The molecule has 6 nitrogen and oxygen atoms in total. The molecular weight excluding hydrogens is 212 g/mol. The van der Waals surface area contributed by atoms with Crippen LogP contribution in [0, 0.1) is 10.1 Å². The monoisotopic (exact) mass is 224 g/mol. The molecule has 0 bridgehead atoms. The average Bonchev–Trinajstić information content (AvgIpc) is 2.22. The summed E-state index contributed by atoms with van der Waals surface area (Å²) < 4.78 is 10.5. The molecule has 1 fully saturated rings. The van der Waals surface area contributed by atoms with Crippen molar-refractivity contribution in [1.29, 1.82) is 0 Å². The first-order chi connectivity index (χ1) is 7.70. The number of hydrogen-bond acceptors (Lipinski definition) is 5. The van der Waals surface area contributed by atoms with Crippen LogP contribution < -0.4 is 14.8 Å². The molecular formula is C10H12N2O4. The first kappa shape index (κ1) is 10.7. The predicted molar refractivity (Wildman–Crippen MR) is 56.9 cm³/mol. The van der Waals surface area contributed by atoms with Crippen molar-refractivity contribution in [3.8, 4) is 11.5 Å². The zero-order valence-electron chi connectivity index (χ0n) is 8.80. The van der Waals surface area contributed by atoms with Gasteiger partial charge in [-0.05, 0) is 6.07 Å². The molecule has 16 heavy (non-hydrogen) atoms. The van der Waals surface area contributed by atoms with Gasteiger partial charge in [0.15, 0.2) is 0 Å². The minimum Gasteiger partial charge on any atom is -0.497 e. The number of nitro groups is 1. The second-order valence-electron chi connectivity index (χ2n) is 3.49. The van der Waals surface area contributed by atoms with E-state index in [4.69, 9.17) is 9.47 Å². The van der Waals surface area contributed by atoms with Gasteiger partial charge in [-0.3, -0.25) is 10.1 Å². The third-order valence-electron chi connectivity index (χ3n) is 2.40. The van der Waals surface area contributed by atoms with E-state index in [1.807, 2.05) is 0 Å². The quantitative estimate of drug-likeness (QED) is 0.609. The smallest absolute Gasteiger partial charge is 0.311 e. The summed E-state index contributed by atoms with van der Waals surface area (Å²) in [6.07, 6.45) is 0.00538. The number of nitrogens with zero attached hydrogens (tertiary/aromatic N) is 1. The SMILES string of the molecule is COc1ccc([N+](=O)[O-])c(OC2CNC2)c1. The fourth-order valence-electron chi connectivity index (χ4n) is 1.39.